The van der Waals surface area contributed by atoms with Crippen LogP contribution in [0.2, 0.25) is 0 Å². The number of nitro groups is 1. The van der Waals surface area contributed by atoms with E-state index in [4.69, 9.17) is 0 Å². The lowest BCUT2D eigenvalue weighted by atomic mass is 10.2. The maximum Gasteiger partial charge on any atom is 0.281 e. The first-order valence-corrected chi connectivity index (χ1v) is 3.95. The molecule has 0 radical (unpaired) electrons. The van der Waals surface area contributed by atoms with Crippen molar-refractivity contribution in [2.45, 2.75) is 13.3 Å². The summed E-state index contributed by atoms with van der Waals surface area (Å²) >= 11 is 0. The van der Waals surface area contributed by atoms with Crippen LogP contribution in [-0.4, -0.2) is 17.0 Å². The molecule has 1 aromatic heterocycles. The summed E-state index contributed by atoms with van der Waals surface area (Å²) in [5, 5.41) is 10.5. The van der Waals surface area contributed by atoms with Crippen molar-refractivity contribution < 1.29 is 18.4 Å². The van der Waals surface area contributed by atoms with Gasteiger partial charge in [-0.05, 0) is 6.92 Å². The van der Waals surface area contributed by atoms with Crippen molar-refractivity contribution in [3.63, 3.8) is 0 Å². The van der Waals surface area contributed by atoms with E-state index in [2.05, 4.69) is 9.72 Å². The fraction of sp³-hybridized carbons (Fsp3) is 0.375. The maximum absolute atomic E-state index is 12.4. The van der Waals surface area contributed by atoms with Gasteiger partial charge in [0.25, 0.3) is 12.1 Å². The molecule has 0 amide bonds. The molecule has 0 N–H and O–H groups in total. The number of nitrogens with zero attached hydrogens (tertiary/aromatic N) is 2. The molecule has 5 nitrogen and oxygen atoms in total. The Morgan fingerprint density at radius 1 is 1.60 bits per heavy atom. The molecule has 0 aromatic carbocycles. The molecule has 0 atom stereocenters. The number of hydrogen-bond donors (Lipinski definition) is 0. The second-order valence-electron chi connectivity index (χ2n) is 2.75. The van der Waals surface area contributed by atoms with E-state index in [9.17, 15) is 18.9 Å². The van der Waals surface area contributed by atoms with Crippen molar-refractivity contribution in [1.29, 1.82) is 0 Å². The molecule has 1 aromatic rings. The van der Waals surface area contributed by atoms with Crippen molar-refractivity contribution in [1.82, 2.24) is 4.98 Å². The Bertz CT molecular complexity index is 396. The predicted octanol–water partition coefficient (Wildman–Crippen LogP) is 2.24. The van der Waals surface area contributed by atoms with Crippen LogP contribution >= 0.6 is 0 Å². The second-order valence-corrected chi connectivity index (χ2v) is 2.75. The Hall–Kier alpha value is -1.79. The zero-order valence-corrected chi connectivity index (χ0v) is 8.03. The SMILES string of the molecule is COc1cc([N+](=O)[O-])c(C)c(C(F)F)n1. The van der Waals surface area contributed by atoms with Crippen LogP contribution in [0, 0.1) is 17.0 Å². The van der Waals surface area contributed by atoms with Gasteiger partial charge in [0.05, 0.1) is 23.7 Å². The molecule has 0 aliphatic carbocycles. The Morgan fingerprint density at radius 2 is 2.20 bits per heavy atom. The summed E-state index contributed by atoms with van der Waals surface area (Å²) in [6.45, 7) is 1.23. The maximum atomic E-state index is 12.4. The Kier molecular flexibility index (Phi) is 3.13. The largest absolute Gasteiger partial charge is 0.481 e. The van der Waals surface area contributed by atoms with Gasteiger partial charge in [-0.15, -0.1) is 0 Å². The highest BCUT2D eigenvalue weighted by molar-refractivity contribution is 5.45. The van der Waals surface area contributed by atoms with E-state index >= 15 is 0 Å². The molecule has 0 saturated carbocycles. The Balaban J connectivity index is 3.40. The number of hydrogen-bond acceptors (Lipinski definition) is 4. The van der Waals surface area contributed by atoms with Gasteiger partial charge in [-0.1, -0.05) is 0 Å². The van der Waals surface area contributed by atoms with Gasteiger partial charge in [0.2, 0.25) is 5.88 Å². The molecule has 15 heavy (non-hydrogen) atoms. The van der Waals surface area contributed by atoms with Crippen molar-refractivity contribution >= 4 is 5.69 Å². The fourth-order valence-corrected chi connectivity index (χ4v) is 1.10. The quantitative estimate of drug-likeness (QED) is 0.576. The first-order valence-electron chi connectivity index (χ1n) is 3.95. The minimum absolute atomic E-state index is 0.143. The van der Waals surface area contributed by atoms with Crippen LogP contribution in [0.15, 0.2) is 6.07 Å². The molecule has 0 aliphatic heterocycles. The van der Waals surface area contributed by atoms with Crippen LogP contribution in [0.25, 0.3) is 0 Å². The van der Waals surface area contributed by atoms with Crippen LogP contribution < -0.4 is 4.74 Å². The van der Waals surface area contributed by atoms with Gasteiger partial charge in [0, 0.05) is 0 Å². The summed E-state index contributed by atoms with van der Waals surface area (Å²) in [5.41, 5.74) is -1.19. The van der Waals surface area contributed by atoms with Crippen molar-refractivity contribution in [3.8, 4) is 5.88 Å². The molecule has 0 aliphatic rings. The topological polar surface area (TPSA) is 65.3 Å². The third kappa shape index (κ3) is 2.17. The van der Waals surface area contributed by atoms with Gasteiger partial charge in [-0.3, -0.25) is 10.1 Å². The first-order chi connectivity index (χ1) is 6.97. The second kappa shape index (κ2) is 4.16. The highest BCUT2D eigenvalue weighted by Gasteiger charge is 2.23. The molecule has 7 heteroatoms. The summed E-state index contributed by atoms with van der Waals surface area (Å²) in [7, 11) is 1.21. The fourth-order valence-electron chi connectivity index (χ4n) is 1.10. The highest BCUT2D eigenvalue weighted by Crippen LogP contribution is 2.30. The zero-order valence-electron chi connectivity index (χ0n) is 8.03. The third-order valence-corrected chi connectivity index (χ3v) is 1.87. The number of alkyl halides is 2. The van der Waals surface area contributed by atoms with E-state index in [-0.39, 0.29) is 11.4 Å². The molecule has 1 heterocycles. The van der Waals surface area contributed by atoms with Gasteiger partial charge in [-0.25, -0.2) is 13.8 Å². The summed E-state index contributed by atoms with van der Waals surface area (Å²) in [4.78, 5) is 13.3. The molecule has 82 valence electrons. The van der Waals surface area contributed by atoms with Crippen molar-refractivity contribution in [2.75, 3.05) is 7.11 Å². The summed E-state index contributed by atoms with van der Waals surface area (Å²) in [6.07, 6.45) is -2.86. The number of halogens is 2. The number of ether oxygens (including phenoxy) is 1. The van der Waals surface area contributed by atoms with Gasteiger partial charge < -0.3 is 4.74 Å². The average Bonchev–Trinajstić information content (AvgIpc) is 2.17. The minimum Gasteiger partial charge on any atom is -0.481 e. The monoisotopic (exact) mass is 218 g/mol. The van der Waals surface area contributed by atoms with Crippen molar-refractivity contribution in [3.05, 3.63) is 27.4 Å². The minimum atomic E-state index is -2.86. The molecule has 0 unspecified atom stereocenters. The van der Waals surface area contributed by atoms with Crippen LogP contribution in [0.5, 0.6) is 5.88 Å². The molecule has 0 spiro atoms. The normalized spacial score (nSPS) is 10.5. The molecule has 1 rings (SSSR count). The number of rotatable bonds is 3. The average molecular weight is 218 g/mol. The smallest absolute Gasteiger partial charge is 0.281 e. The van der Waals surface area contributed by atoms with E-state index in [0.29, 0.717) is 0 Å². The van der Waals surface area contributed by atoms with Gasteiger partial charge >= 0.3 is 0 Å². The zero-order chi connectivity index (χ0) is 11.6. The van der Waals surface area contributed by atoms with Crippen LogP contribution in [0.4, 0.5) is 14.5 Å². The summed E-state index contributed by atoms with van der Waals surface area (Å²) < 4.78 is 29.5. The lowest BCUT2D eigenvalue weighted by Gasteiger charge is -2.06. The van der Waals surface area contributed by atoms with E-state index in [0.717, 1.165) is 6.07 Å². The van der Waals surface area contributed by atoms with E-state index in [1.807, 2.05) is 0 Å². The molecule has 0 fully saturated rings. The highest BCUT2D eigenvalue weighted by atomic mass is 19.3. The molecular formula is C8H8F2N2O3. The van der Waals surface area contributed by atoms with E-state index < -0.39 is 22.7 Å². The Labute approximate surface area is 83.8 Å². The number of aromatic nitrogens is 1. The van der Waals surface area contributed by atoms with Crippen LogP contribution in [0.3, 0.4) is 0 Å². The van der Waals surface area contributed by atoms with Gasteiger partial charge in [0.15, 0.2) is 0 Å². The summed E-state index contributed by atoms with van der Waals surface area (Å²) in [5.74, 6) is -0.192. The summed E-state index contributed by atoms with van der Waals surface area (Å²) in [6, 6.07) is 1.02. The van der Waals surface area contributed by atoms with E-state index in [1.165, 1.54) is 14.0 Å². The van der Waals surface area contributed by atoms with Gasteiger partial charge in [0.1, 0.15) is 5.69 Å². The molecule has 0 saturated heterocycles. The van der Waals surface area contributed by atoms with E-state index in [1.54, 1.807) is 0 Å². The third-order valence-electron chi connectivity index (χ3n) is 1.87. The van der Waals surface area contributed by atoms with Crippen LogP contribution in [-0.2, 0) is 0 Å². The lowest BCUT2D eigenvalue weighted by Crippen LogP contribution is -2.02. The lowest BCUT2D eigenvalue weighted by molar-refractivity contribution is -0.385. The number of pyridine rings is 1. The van der Waals surface area contributed by atoms with Crippen molar-refractivity contribution in [2.24, 2.45) is 0 Å². The predicted molar refractivity (Wildman–Crippen MR) is 47.1 cm³/mol. The molecular weight excluding hydrogens is 210 g/mol. The first kappa shape index (κ1) is 11.3. The van der Waals surface area contributed by atoms with Crippen LogP contribution in [0.1, 0.15) is 17.7 Å². The Morgan fingerprint density at radius 3 is 2.60 bits per heavy atom. The molecule has 0 bridgehead atoms. The number of methoxy groups -OCH3 is 1. The van der Waals surface area contributed by atoms with Gasteiger partial charge in [-0.2, -0.15) is 0 Å². The standard InChI is InChI=1S/C8H8F2N2O3/c1-4-5(12(13)14)3-6(15-2)11-7(4)8(9)10/h3,8H,1-2H3.